The molecule has 5 aromatic rings. The number of methoxy groups -OCH3 is 2. The van der Waals surface area contributed by atoms with Crippen LogP contribution in [0.2, 0.25) is 0 Å². The molecule has 0 unspecified atom stereocenters. The number of fused-ring (bicyclic) bond motifs is 1. The first-order valence-electron chi connectivity index (χ1n) is 14.9. The number of rotatable bonds is 10. The molecule has 0 saturated carbocycles. The van der Waals surface area contributed by atoms with Crippen LogP contribution in [0.4, 0.5) is 4.39 Å². The Bertz CT molecular complexity index is 2140. The van der Waals surface area contributed by atoms with Crippen LogP contribution in [0.1, 0.15) is 35.2 Å². The Kier molecular flexibility index (Phi) is 9.30. The number of hydrogen-bond donors (Lipinski definition) is 0. The van der Waals surface area contributed by atoms with Crippen molar-refractivity contribution in [2.24, 2.45) is 4.99 Å². The largest absolute Gasteiger partial charge is 0.493 e. The number of benzene rings is 4. The van der Waals surface area contributed by atoms with E-state index in [0.717, 1.165) is 5.56 Å². The predicted molar refractivity (Wildman–Crippen MR) is 178 cm³/mol. The molecule has 47 heavy (non-hydrogen) atoms. The zero-order chi connectivity index (χ0) is 32.9. The van der Waals surface area contributed by atoms with Gasteiger partial charge in [-0.25, -0.2) is 14.2 Å². The molecule has 0 N–H and O–H groups in total. The summed E-state index contributed by atoms with van der Waals surface area (Å²) in [6.07, 6.45) is 1.76. The van der Waals surface area contributed by atoms with E-state index in [1.807, 2.05) is 54.6 Å². The van der Waals surface area contributed by atoms with Gasteiger partial charge in [0.25, 0.3) is 5.56 Å². The summed E-state index contributed by atoms with van der Waals surface area (Å²) in [5.41, 5.74) is 3.11. The molecule has 0 amide bonds. The van der Waals surface area contributed by atoms with E-state index in [9.17, 15) is 14.0 Å². The molecule has 1 aliphatic rings. The van der Waals surface area contributed by atoms with Gasteiger partial charge in [0.2, 0.25) is 0 Å². The predicted octanol–water partition coefficient (Wildman–Crippen LogP) is 5.67. The third-order valence-corrected chi connectivity index (χ3v) is 8.59. The molecular formula is C37H31FN2O6S. The lowest BCUT2D eigenvalue weighted by molar-refractivity contribution is -0.138. The molecular weight excluding hydrogens is 619 g/mol. The van der Waals surface area contributed by atoms with Crippen LogP contribution in [-0.4, -0.2) is 31.4 Å². The van der Waals surface area contributed by atoms with E-state index in [1.54, 1.807) is 50.4 Å². The minimum Gasteiger partial charge on any atom is -0.493 e. The first kappa shape index (κ1) is 31.5. The number of ether oxygens (including phenoxy) is 4. The topological polar surface area (TPSA) is 88.4 Å². The fourth-order valence-corrected chi connectivity index (χ4v) is 6.38. The molecule has 0 spiro atoms. The van der Waals surface area contributed by atoms with Gasteiger partial charge in [0.15, 0.2) is 16.3 Å². The summed E-state index contributed by atoms with van der Waals surface area (Å²) in [5.74, 6) is 0.601. The van der Waals surface area contributed by atoms with Gasteiger partial charge in [0.1, 0.15) is 18.2 Å². The molecule has 0 fully saturated rings. The molecule has 1 aromatic heterocycles. The van der Waals surface area contributed by atoms with Crippen molar-refractivity contribution in [2.75, 3.05) is 20.8 Å². The molecule has 0 aliphatic carbocycles. The zero-order valence-corrected chi connectivity index (χ0v) is 26.8. The lowest BCUT2D eigenvalue weighted by atomic mass is 9.93. The van der Waals surface area contributed by atoms with Gasteiger partial charge in [0.05, 0.1) is 42.7 Å². The zero-order valence-electron chi connectivity index (χ0n) is 25.9. The van der Waals surface area contributed by atoms with Crippen molar-refractivity contribution in [3.63, 3.8) is 0 Å². The molecule has 6 rings (SSSR count). The molecule has 238 valence electrons. The first-order chi connectivity index (χ1) is 22.9. The SMILES string of the molecule is CCOC(=O)C1=C(c2ccccc2)N=c2s/c(=C\c3ccccc3OCc3ccc(F)cc3)c(=O)n2[C@H]1c1ccc(OC)c(OC)c1. The number of thiazole rings is 1. The van der Waals surface area contributed by atoms with Crippen LogP contribution in [0.15, 0.2) is 112 Å². The molecule has 0 bridgehead atoms. The van der Waals surface area contributed by atoms with Crippen LogP contribution in [-0.2, 0) is 16.1 Å². The number of hydrogen-bond acceptors (Lipinski definition) is 8. The van der Waals surface area contributed by atoms with Crippen LogP contribution in [0.3, 0.4) is 0 Å². The summed E-state index contributed by atoms with van der Waals surface area (Å²) >= 11 is 1.21. The molecule has 2 heterocycles. The van der Waals surface area contributed by atoms with Gasteiger partial charge >= 0.3 is 5.97 Å². The van der Waals surface area contributed by atoms with Crippen molar-refractivity contribution < 1.29 is 28.1 Å². The Hall–Kier alpha value is -5.48. The van der Waals surface area contributed by atoms with Gasteiger partial charge in [-0.05, 0) is 54.5 Å². The van der Waals surface area contributed by atoms with Gasteiger partial charge in [-0.3, -0.25) is 9.36 Å². The summed E-state index contributed by atoms with van der Waals surface area (Å²) < 4.78 is 38.0. The monoisotopic (exact) mass is 650 g/mol. The number of nitrogens with zero attached hydrogens (tertiary/aromatic N) is 2. The normalized spacial score (nSPS) is 14.3. The van der Waals surface area contributed by atoms with Crippen LogP contribution in [0.25, 0.3) is 11.8 Å². The average molecular weight is 651 g/mol. The lowest BCUT2D eigenvalue weighted by Crippen LogP contribution is -2.40. The van der Waals surface area contributed by atoms with Gasteiger partial charge in [-0.2, -0.15) is 0 Å². The van der Waals surface area contributed by atoms with Crippen molar-refractivity contribution in [2.45, 2.75) is 19.6 Å². The maximum absolute atomic E-state index is 14.3. The average Bonchev–Trinajstić information content (AvgIpc) is 3.41. The standard InChI is InChI=1S/C37H31FN2O6S/c1-4-45-36(42)32-33(24-10-6-5-7-11-24)39-37-40(34(32)26-16-19-29(43-2)30(20-26)44-3)35(41)31(47-37)21-25-12-8-9-13-28(25)46-22-23-14-17-27(38)18-15-23/h5-21,34H,4,22H2,1-3H3/b31-21-/t34-/m0/s1. The second-order valence-corrected chi connectivity index (χ2v) is 11.5. The van der Waals surface area contributed by atoms with E-state index in [2.05, 4.69) is 0 Å². The van der Waals surface area contributed by atoms with Crippen LogP contribution in [0.5, 0.6) is 17.2 Å². The highest BCUT2D eigenvalue weighted by atomic mass is 32.1. The molecule has 0 radical (unpaired) electrons. The van der Waals surface area contributed by atoms with Gasteiger partial charge in [0, 0.05) is 11.1 Å². The smallest absolute Gasteiger partial charge is 0.338 e. The Labute approximate surface area is 274 Å². The summed E-state index contributed by atoms with van der Waals surface area (Å²) in [6, 6.07) is 27.2. The first-order valence-corrected chi connectivity index (χ1v) is 15.7. The van der Waals surface area contributed by atoms with E-state index in [4.69, 9.17) is 23.9 Å². The van der Waals surface area contributed by atoms with E-state index >= 15 is 0 Å². The van der Waals surface area contributed by atoms with Gasteiger partial charge < -0.3 is 18.9 Å². The van der Waals surface area contributed by atoms with Crippen molar-refractivity contribution in [1.29, 1.82) is 0 Å². The third-order valence-electron chi connectivity index (χ3n) is 7.61. The third kappa shape index (κ3) is 6.45. The minimum absolute atomic E-state index is 0.141. The lowest BCUT2D eigenvalue weighted by Gasteiger charge is -2.26. The van der Waals surface area contributed by atoms with Crippen LogP contribution in [0, 0.1) is 5.82 Å². The highest BCUT2D eigenvalue weighted by Crippen LogP contribution is 2.38. The Balaban J connectivity index is 1.54. The highest BCUT2D eigenvalue weighted by Gasteiger charge is 2.35. The van der Waals surface area contributed by atoms with Gasteiger partial charge in [-0.1, -0.05) is 78.1 Å². The summed E-state index contributed by atoms with van der Waals surface area (Å²) in [7, 11) is 3.07. The number of aromatic nitrogens is 1. The number of halogens is 1. The quantitative estimate of drug-likeness (QED) is 0.181. The number of carbonyl (C=O) groups is 1. The second-order valence-electron chi connectivity index (χ2n) is 10.5. The maximum Gasteiger partial charge on any atom is 0.338 e. The second kappa shape index (κ2) is 13.9. The molecule has 0 saturated heterocycles. The molecule has 8 nitrogen and oxygen atoms in total. The number of para-hydroxylation sites is 1. The fraction of sp³-hybridized carbons (Fsp3) is 0.162. The Morgan fingerprint density at radius 3 is 2.36 bits per heavy atom. The Morgan fingerprint density at radius 1 is 0.915 bits per heavy atom. The van der Waals surface area contributed by atoms with Crippen molar-refractivity contribution >= 4 is 29.1 Å². The maximum atomic E-state index is 14.3. The summed E-state index contributed by atoms with van der Waals surface area (Å²) in [4.78, 5) is 33.4. The fourth-order valence-electron chi connectivity index (χ4n) is 5.39. The van der Waals surface area contributed by atoms with Gasteiger partial charge in [-0.15, -0.1) is 0 Å². The number of carbonyl (C=O) groups excluding carboxylic acids is 1. The van der Waals surface area contributed by atoms with E-state index < -0.39 is 12.0 Å². The Morgan fingerprint density at radius 2 is 1.64 bits per heavy atom. The summed E-state index contributed by atoms with van der Waals surface area (Å²) in [5, 5.41) is 0. The number of esters is 1. The highest BCUT2D eigenvalue weighted by molar-refractivity contribution is 7.07. The molecule has 1 aliphatic heterocycles. The van der Waals surface area contributed by atoms with Crippen molar-refractivity contribution in [3.05, 3.63) is 150 Å². The van der Waals surface area contributed by atoms with Crippen LogP contribution < -0.4 is 29.1 Å². The minimum atomic E-state index is -0.882. The van der Waals surface area contributed by atoms with Crippen molar-refractivity contribution in [3.8, 4) is 17.2 Å². The van der Waals surface area contributed by atoms with E-state index in [1.165, 1.54) is 35.1 Å². The van der Waals surface area contributed by atoms with Crippen molar-refractivity contribution in [1.82, 2.24) is 4.57 Å². The molecule has 4 aromatic carbocycles. The molecule has 1 atom stereocenters. The summed E-state index contributed by atoms with van der Waals surface area (Å²) in [6.45, 7) is 2.09. The van der Waals surface area contributed by atoms with E-state index in [0.29, 0.717) is 49.0 Å². The van der Waals surface area contributed by atoms with Crippen LogP contribution >= 0.6 is 11.3 Å². The molecule has 10 heteroatoms. The van der Waals surface area contributed by atoms with E-state index in [-0.39, 0.29) is 30.2 Å².